The van der Waals surface area contributed by atoms with Gasteiger partial charge in [-0.25, -0.2) is 9.97 Å². The Morgan fingerprint density at radius 2 is 1.95 bits per heavy atom. The van der Waals surface area contributed by atoms with Gasteiger partial charge >= 0.3 is 0 Å². The largest absolute Gasteiger partial charge is 0.362 e. The van der Waals surface area contributed by atoms with E-state index in [1.165, 1.54) is 0 Å². The van der Waals surface area contributed by atoms with Crippen molar-refractivity contribution in [1.82, 2.24) is 20.1 Å². The van der Waals surface area contributed by atoms with E-state index < -0.39 is 0 Å². The Labute approximate surface area is 126 Å². The second-order valence-corrected chi connectivity index (χ2v) is 4.74. The molecule has 2 heterocycles. The lowest BCUT2D eigenvalue weighted by Gasteiger charge is -2.06. The normalized spacial score (nSPS) is 10.6. The third kappa shape index (κ3) is 3.35. The van der Waals surface area contributed by atoms with Crippen LogP contribution in [0.15, 0.2) is 40.9 Å². The molecule has 1 N–H and O–H groups in total. The summed E-state index contributed by atoms with van der Waals surface area (Å²) in [6.07, 6.45) is 0. The van der Waals surface area contributed by atoms with Gasteiger partial charge in [-0.1, -0.05) is 47.1 Å². The molecule has 0 spiro atoms. The zero-order chi connectivity index (χ0) is 14.7. The lowest BCUT2D eigenvalue weighted by atomic mass is 10.2. The van der Waals surface area contributed by atoms with Crippen molar-refractivity contribution in [3.05, 3.63) is 53.3 Å². The minimum absolute atomic E-state index is 0.371. The van der Waals surface area contributed by atoms with Crippen molar-refractivity contribution in [1.29, 1.82) is 0 Å². The minimum Gasteiger partial charge on any atom is -0.362 e. The third-order valence-corrected chi connectivity index (χ3v) is 2.92. The lowest BCUT2D eigenvalue weighted by Crippen LogP contribution is -2.04. The van der Waals surface area contributed by atoms with E-state index in [0.29, 0.717) is 35.1 Å². The number of aryl methyl sites for hydroxylation is 1. The molecule has 0 atom stereocenters. The molecule has 0 aliphatic rings. The van der Waals surface area contributed by atoms with Crippen molar-refractivity contribution in [2.75, 3.05) is 5.32 Å². The van der Waals surface area contributed by atoms with Crippen LogP contribution in [0.4, 0.5) is 5.82 Å². The average molecular weight is 302 g/mol. The highest BCUT2D eigenvalue weighted by molar-refractivity contribution is 6.29. The molecule has 0 unspecified atom stereocenters. The number of anilines is 1. The summed E-state index contributed by atoms with van der Waals surface area (Å²) in [4.78, 5) is 12.8. The molecule has 3 rings (SSSR count). The summed E-state index contributed by atoms with van der Waals surface area (Å²) in [7, 11) is 0. The molecule has 0 bridgehead atoms. The molecule has 0 saturated carbocycles. The van der Waals surface area contributed by atoms with E-state index in [1.54, 1.807) is 13.0 Å². The molecule has 0 saturated heterocycles. The number of hydrogen-bond donors (Lipinski definition) is 1. The van der Waals surface area contributed by atoms with Gasteiger partial charge in [-0.05, 0) is 0 Å². The molecular weight excluding hydrogens is 290 g/mol. The number of halogens is 1. The number of nitrogens with zero attached hydrogens (tertiary/aromatic N) is 4. The van der Waals surface area contributed by atoms with Crippen molar-refractivity contribution < 1.29 is 4.52 Å². The van der Waals surface area contributed by atoms with Crippen molar-refractivity contribution in [3.8, 4) is 11.4 Å². The smallest absolute Gasteiger partial charge is 0.223 e. The fourth-order valence-corrected chi connectivity index (χ4v) is 1.99. The second kappa shape index (κ2) is 5.88. The Morgan fingerprint density at radius 1 is 1.14 bits per heavy atom. The van der Waals surface area contributed by atoms with Crippen LogP contribution in [0.25, 0.3) is 11.4 Å². The zero-order valence-corrected chi connectivity index (χ0v) is 12.0. The predicted molar refractivity (Wildman–Crippen MR) is 78.8 cm³/mol. The van der Waals surface area contributed by atoms with E-state index >= 15 is 0 Å². The minimum atomic E-state index is 0.371. The molecular formula is C14H12ClN5O. The first-order valence-electron chi connectivity index (χ1n) is 6.34. The molecule has 0 amide bonds. The van der Waals surface area contributed by atoms with Gasteiger partial charge in [0.2, 0.25) is 5.89 Å². The molecule has 21 heavy (non-hydrogen) atoms. The van der Waals surface area contributed by atoms with Crippen molar-refractivity contribution in [3.63, 3.8) is 0 Å². The summed E-state index contributed by atoms with van der Waals surface area (Å²) >= 11 is 6.04. The van der Waals surface area contributed by atoms with Crippen molar-refractivity contribution >= 4 is 17.4 Å². The van der Waals surface area contributed by atoms with Gasteiger partial charge in [-0.3, -0.25) is 0 Å². The number of benzene rings is 1. The Bertz CT molecular complexity index is 744. The molecule has 1 aromatic carbocycles. The molecule has 106 valence electrons. The zero-order valence-electron chi connectivity index (χ0n) is 11.2. The van der Waals surface area contributed by atoms with Crippen LogP contribution in [0.2, 0.25) is 5.15 Å². The van der Waals surface area contributed by atoms with E-state index in [1.807, 2.05) is 30.3 Å². The van der Waals surface area contributed by atoms with Crippen LogP contribution in [-0.2, 0) is 6.54 Å². The van der Waals surface area contributed by atoms with Gasteiger partial charge in [0.15, 0.2) is 11.6 Å². The van der Waals surface area contributed by atoms with Crippen molar-refractivity contribution in [2.45, 2.75) is 13.5 Å². The quantitative estimate of drug-likeness (QED) is 0.746. The Balaban J connectivity index is 1.81. The van der Waals surface area contributed by atoms with Crippen LogP contribution >= 0.6 is 11.6 Å². The first kappa shape index (κ1) is 13.5. The van der Waals surface area contributed by atoms with E-state index in [4.69, 9.17) is 16.1 Å². The van der Waals surface area contributed by atoms with Gasteiger partial charge in [-0.2, -0.15) is 4.98 Å². The molecule has 6 nitrogen and oxygen atoms in total. The SMILES string of the molecule is Cc1nc(CNc2cc(Cl)nc(-c3ccccc3)n2)no1. The number of hydrogen-bond acceptors (Lipinski definition) is 6. The van der Waals surface area contributed by atoms with E-state index in [2.05, 4.69) is 25.4 Å². The average Bonchev–Trinajstić information content (AvgIpc) is 2.91. The van der Waals surface area contributed by atoms with Crippen LogP contribution in [0.5, 0.6) is 0 Å². The molecule has 0 radical (unpaired) electrons. The lowest BCUT2D eigenvalue weighted by molar-refractivity contribution is 0.388. The van der Waals surface area contributed by atoms with Crippen molar-refractivity contribution in [2.24, 2.45) is 0 Å². The van der Waals surface area contributed by atoms with Gasteiger partial charge < -0.3 is 9.84 Å². The van der Waals surface area contributed by atoms with Gasteiger partial charge in [0, 0.05) is 18.6 Å². The van der Waals surface area contributed by atoms with Crippen LogP contribution in [-0.4, -0.2) is 20.1 Å². The number of nitrogens with one attached hydrogen (secondary N) is 1. The first-order valence-corrected chi connectivity index (χ1v) is 6.71. The first-order chi connectivity index (χ1) is 10.2. The van der Waals surface area contributed by atoms with E-state index in [9.17, 15) is 0 Å². The standard InChI is InChI=1S/C14H12ClN5O/c1-9-17-13(20-21-9)8-16-12-7-11(15)18-14(19-12)10-5-3-2-4-6-10/h2-7H,8H2,1H3,(H,16,18,19). The molecule has 7 heteroatoms. The summed E-state index contributed by atoms with van der Waals surface area (Å²) in [6.45, 7) is 2.14. The summed E-state index contributed by atoms with van der Waals surface area (Å²) in [5.74, 6) is 2.26. The molecule has 2 aromatic heterocycles. The summed E-state index contributed by atoms with van der Waals surface area (Å²) in [5, 5.41) is 7.28. The van der Waals surface area contributed by atoms with Gasteiger partial charge in [-0.15, -0.1) is 0 Å². The molecule has 0 aliphatic heterocycles. The van der Waals surface area contributed by atoms with Gasteiger partial charge in [0.05, 0.1) is 6.54 Å². The van der Waals surface area contributed by atoms with E-state index in [0.717, 1.165) is 5.56 Å². The van der Waals surface area contributed by atoms with Gasteiger partial charge in [0.1, 0.15) is 11.0 Å². The number of aromatic nitrogens is 4. The van der Waals surface area contributed by atoms with Crippen LogP contribution < -0.4 is 5.32 Å². The molecule has 0 fully saturated rings. The Morgan fingerprint density at radius 3 is 2.67 bits per heavy atom. The van der Waals surface area contributed by atoms with Crippen LogP contribution in [0.3, 0.4) is 0 Å². The Kier molecular flexibility index (Phi) is 3.79. The fourth-order valence-electron chi connectivity index (χ4n) is 1.81. The highest BCUT2D eigenvalue weighted by atomic mass is 35.5. The summed E-state index contributed by atoms with van der Waals surface area (Å²) in [5.41, 5.74) is 0.901. The van der Waals surface area contributed by atoms with Gasteiger partial charge in [0.25, 0.3) is 0 Å². The number of rotatable bonds is 4. The Hall–Kier alpha value is -2.47. The summed E-state index contributed by atoms with van der Waals surface area (Å²) in [6, 6.07) is 11.3. The predicted octanol–water partition coefficient (Wildman–Crippen LogP) is 3.10. The molecule has 0 aliphatic carbocycles. The fraction of sp³-hybridized carbons (Fsp3) is 0.143. The van der Waals surface area contributed by atoms with Crippen LogP contribution in [0, 0.1) is 6.92 Å². The van der Waals surface area contributed by atoms with Crippen LogP contribution in [0.1, 0.15) is 11.7 Å². The maximum atomic E-state index is 6.04. The maximum Gasteiger partial charge on any atom is 0.223 e. The van der Waals surface area contributed by atoms with E-state index in [-0.39, 0.29) is 0 Å². The summed E-state index contributed by atoms with van der Waals surface area (Å²) < 4.78 is 4.91. The third-order valence-electron chi connectivity index (χ3n) is 2.72. The molecule has 3 aromatic rings. The highest BCUT2D eigenvalue weighted by Gasteiger charge is 2.07. The topological polar surface area (TPSA) is 76.7 Å². The second-order valence-electron chi connectivity index (χ2n) is 4.35. The highest BCUT2D eigenvalue weighted by Crippen LogP contribution is 2.20. The monoisotopic (exact) mass is 301 g/mol. The maximum absolute atomic E-state index is 6.04.